The second kappa shape index (κ2) is 5.92. The highest BCUT2D eigenvalue weighted by molar-refractivity contribution is 5.82. The van der Waals surface area contributed by atoms with Gasteiger partial charge in [0.2, 0.25) is 0 Å². The summed E-state index contributed by atoms with van der Waals surface area (Å²) in [5.74, 6) is 0.386. The van der Waals surface area contributed by atoms with Crippen LogP contribution in [0.2, 0.25) is 0 Å². The average molecular weight is 215 g/mol. The van der Waals surface area contributed by atoms with Crippen LogP contribution in [-0.4, -0.2) is 48.8 Å². The third kappa shape index (κ3) is 3.68. The molecule has 1 heterocycles. The van der Waals surface area contributed by atoms with E-state index in [-0.39, 0.29) is 5.92 Å². The zero-order valence-electron chi connectivity index (χ0n) is 9.52. The Morgan fingerprint density at radius 2 is 2.20 bits per heavy atom. The van der Waals surface area contributed by atoms with E-state index in [0.29, 0.717) is 11.9 Å². The molecular formula is C10H21N3O2. The van der Waals surface area contributed by atoms with Gasteiger partial charge in [0.15, 0.2) is 0 Å². The lowest BCUT2D eigenvalue weighted by Gasteiger charge is -2.32. The maximum absolute atomic E-state index is 8.55. The van der Waals surface area contributed by atoms with Crippen molar-refractivity contribution in [1.82, 2.24) is 4.90 Å². The summed E-state index contributed by atoms with van der Waals surface area (Å²) in [7, 11) is 2.08. The Hall–Kier alpha value is -0.810. The summed E-state index contributed by atoms with van der Waals surface area (Å²) in [6, 6.07) is 0.563. The van der Waals surface area contributed by atoms with Gasteiger partial charge in [0.1, 0.15) is 5.84 Å². The molecule has 0 bridgehead atoms. The lowest BCUT2D eigenvalue weighted by molar-refractivity contribution is 0.0412. The minimum absolute atomic E-state index is 0.0860. The number of amidine groups is 1. The van der Waals surface area contributed by atoms with Crippen molar-refractivity contribution in [2.24, 2.45) is 16.8 Å². The average Bonchev–Trinajstić information content (AvgIpc) is 2.29. The van der Waals surface area contributed by atoms with Crippen LogP contribution in [0.15, 0.2) is 5.16 Å². The Morgan fingerprint density at radius 1 is 1.60 bits per heavy atom. The summed E-state index contributed by atoms with van der Waals surface area (Å²) in [6.45, 7) is 4.46. The molecule has 0 amide bonds. The van der Waals surface area contributed by atoms with E-state index in [1.807, 2.05) is 6.92 Å². The molecule has 0 aliphatic carbocycles. The largest absolute Gasteiger partial charge is 0.409 e. The molecule has 88 valence electrons. The Kier molecular flexibility index (Phi) is 4.84. The van der Waals surface area contributed by atoms with E-state index in [1.54, 1.807) is 0 Å². The fourth-order valence-corrected chi connectivity index (χ4v) is 1.90. The first-order valence-corrected chi connectivity index (χ1v) is 5.40. The maximum Gasteiger partial charge on any atom is 0.143 e. The highest BCUT2D eigenvalue weighted by Crippen LogP contribution is 2.14. The highest BCUT2D eigenvalue weighted by Gasteiger charge is 2.20. The molecule has 1 atom stereocenters. The Bertz CT molecular complexity index is 215. The van der Waals surface area contributed by atoms with Crippen molar-refractivity contribution < 1.29 is 9.94 Å². The molecule has 15 heavy (non-hydrogen) atoms. The zero-order valence-corrected chi connectivity index (χ0v) is 9.52. The van der Waals surface area contributed by atoms with Gasteiger partial charge in [-0.3, -0.25) is 0 Å². The molecule has 0 aromatic rings. The molecule has 1 rings (SSSR count). The van der Waals surface area contributed by atoms with Gasteiger partial charge in [-0.05, 0) is 19.9 Å². The number of nitrogens with two attached hydrogens (primary N) is 1. The predicted molar refractivity (Wildman–Crippen MR) is 59.0 cm³/mol. The van der Waals surface area contributed by atoms with Gasteiger partial charge in [0.25, 0.3) is 0 Å². The number of nitrogens with zero attached hydrogens (tertiary/aromatic N) is 2. The summed E-state index contributed by atoms with van der Waals surface area (Å²) in [6.07, 6.45) is 2.14. The van der Waals surface area contributed by atoms with Crippen molar-refractivity contribution in [2.75, 3.05) is 26.8 Å². The molecule has 0 spiro atoms. The van der Waals surface area contributed by atoms with E-state index < -0.39 is 0 Å². The van der Waals surface area contributed by atoms with Crippen LogP contribution in [-0.2, 0) is 4.74 Å². The molecule has 0 saturated carbocycles. The number of hydrogen-bond acceptors (Lipinski definition) is 4. The van der Waals surface area contributed by atoms with Crippen LogP contribution in [0.3, 0.4) is 0 Å². The fourth-order valence-electron chi connectivity index (χ4n) is 1.90. The fraction of sp³-hybridized carbons (Fsp3) is 0.900. The standard InChI is InChI=1S/C10H21N3O2/c1-8(10(11)12-14)7-13(2)9-3-5-15-6-4-9/h8-9,14H,3-7H2,1-2H3,(H2,11,12). The molecule has 1 unspecified atom stereocenters. The van der Waals surface area contributed by atoms with E-state index in [0.717, 1.165) is 32.6 Å². The second-order valence-electron chi connectivity index (χ2n) is 4.21. The zero-order chi connectivity index (χ0) is 11.3. The lowest BCUT2D eigenvalue weighted by Crippen LogP contribution is -2.41. The molecule has 5 nitrogen and oxygen atoms in total. The van der Waals surface area contributed by atoms with E-state index in [1.165, 1.54) is 0 Å². The lowest BCUT2D eigenvalue weighted by atomic mass is 10.1. The number of rotatable bonds is 4. The molecule has 1 saturated heterocycles. The van der Waals surface area contributed by atoms with Gasteiger partial charge in [-0.1, -0.05) is 12.1 Å². The van der Waals surface area contributed by atoms with Crippen LogP contribution < -0.4 is 5.73 Å². The topological polar surface area (TPSA) is 71.1 Å². The predicted octanol–water partition coefficient (Wildman–Crippen LogP) is 0.480. The van der Waals surface area contributed by atoms with Gasteiger partial charge in [-0.15, -0.1) is 0 Å². The number of oxime groups is 1. The van der Waals surface area contributed by atoms with Crippen LogP contribution in [0.5, 0.6) is 0 Å². The molecule has 1 aliphatic rings. The molecule has 1 aliphatic heterocycles. The quantitative estimate of drug-likeness (QED) is 0.310. The smallest absolute Gasteiger partial charge is 0.143 e. The minimum Gasteiger partial charge on any atom is -0.409 e. The summed E-state index contributed by atoms with van der Waals surface area (Å²) in [4.78, 5) is 2.27. The third-order valence-corrected chi connectivity index (χ3v) is 3.00. The van der Waals surface area contributed by atoms with Crippen molar-refractivity contribution in [2.45, 2.75) is 25.8 Å². The van der Waals surface area contributed by atoms with Crippen molar-refractivity contribution >= 4 is 5.84 Å². The maximum atomic E-state index is 8.55. The second-order valence-corrected chi connectivity index (χ2v) is 4.21. The van der Waals surface area contributed by atoms with Crippen molar-refractivity contribution in [3.05, 3.63) is 0 Å². The molecule has 3 N–H and O–H groups in total. The Labute approximate surface area is 90.9 Å². The number of ether oxygens (including phenoxy) is 1. The van der Waals surface area contributed by atoms with Gasteiger partial charge in [0.05, 0.1) is 0 Å². The monoisotopic (exact) mass is 215 g/mol. The van der Waals surface area contributed by atoms with Crippen LogP contribution >= 0.6 is 0 Å². The van der Waals surface area contributed by atoms with E-state index in [4.69, 9.17) is 15.7 Å². The van der Waals surface area contributed by atoms with Gasteiger partial charge in [-0.2, -0.15) is 0 Å². The summed E-state index contributed by atoms with van der Waals surface area (Å²) in [5, 5.41) is 11.6. The van der Waals surface area contributed by atoms with Crippen molar-refractivity contribution in [3.8, 4) is 0 Å². The first-order valence-electron chi connectivity index (χ1n) is 5.40. The van der Waals surface area contributed by atoms with Gasteiger partial charge in [-0.25, -0.2) is 0 Å². The van der Waals surface area contributed by atoms with E-state index in [2.05, 4.69) is 17.1 Å². The normalized spacial score (nSPS) is 21.9. The molecular weight excluding hydrogens is 194 g/mol. The number of hydrogen-bond donors (Lipinski definition) is 2. The van der Waals surface area contributed by atoms with Gasteiger partial charge < -0.3 is 20.6 Å². The van der Waals surface area contributed by atoms with Crippen LogP contribution in [0.25, 0.3) is 0 Å². The minimum atomic E-state index is 0.0860. The summed E-state index contributed by atoms with van der Waals surface area (Å²) in [5.41, 5.74) is 5.54. The molecule has 1 fully saturated rings. The van der Waals surface area contributed by atoms with Gasteiger partial charge >= 0.3 is 0 Å². The van der Waals surface area contributed by atoms with Crippen LogP contribution in [0.4, 0.5) is 0 Å². The third-order valence-electron chi connectivity index (χ3n) is 3.00. The first kappa shape index (κ1) is 12.3. The van der Waals surface area contributed by atoms with Gasteiger partial charge in [0, 0.05) is 31.7 Å². The molecule has 5 heteroatoms. The first-order chi connectivity index (χ1) is 7.15. The van der Waals surface area contributed by atoms with E-state index >= 15 is 0 Å². The molecule has 0 aromatic carbocycles. The van der Waals surface area contributed by atoms with Crippen molar-refractivity contribution in [1.29, 1.82) is 0 Å². The summed E-state index contributed by atoms with van der Waals surface area (Å²) >= 11 is 0. The van der Waals surface area contributed by atoms with Crippen LogP contribution in [0, 0.1) is 5.92 Å². The Morgan fingerprint density at radius 3 is 2.73 bits per heavy atom. The summed E-state index contributed by atoms with van der Waals surface area (Å²) < 4.78 is 5.31. The molecule has 0 radical (unpaired) electrons. The molecule has 0 aromatic heterocycles. The van der Waals surface area contributed by atoms with Crippen LogP contribution in [0.1, 0.15) is 19.8 Å². The van der Waals surface area contributed by atoms with E-state index in [9.17, 15) is 0 Å². The Balaban J connectivity index is 2.36. The highest BCUT2D eigenvalue weighted by atomic mass is 16.5. The van der Waals surface area contributed by atoms with Crippen molar-refractivity contribution in [3.63, 3.8) is 0 Å². The SMILES string of the molecule is CC(CN(C)C1CCOCC1)/C(N)=N/O.